The summed E-state index contributed by atoms with van der Waals surface area (Å²) in [6.45, 7) is 6.47. The van der Waals surface area contributed by atoms with Crippen LogP contribution in [0.2, 0.25) is 0 Å². The van der Waals surface area contributed by atoms with Crippen molar-refractivity contribution >= 4 is 81.1 Å². The molecule has 234 valence electrons. The highest BCUT2D eigenvalue weighted by atomic mass is 32.1. The standard InChI is InChI=1S/C45H32N2S2/c1-3-29(26-46-28(2)35-12-8-13-38-36-10-4-6-16-42(36)48-44(35)38)31-20-18-30-19-21-32(25-34(30)24-31)33-22-23-41(47-27-33)40-15-9-14-39-37-11-5-7-17-43(37)49-45(39)40/h3-7,9-12,14-27H,2,8,13H2,1H3/b29-3+,46-26-. The van der Waals surface area contributed by atoms with Gasteiger partial charge < -0.3 is 0 Å². The van der Waals surface area contributed by atoms with E-state index in [0.717, 1.165) is 52.1 Å². The lowest BCUT2D eigenvalue weighted by atomic mass is 9.94. The van der Waals surface area contributed by atoms with Gasteiger partial charge in [-0.2, -0.15) is 0 Å². The van der Waals surface area contributed by atoms with Crippen LogP contribution in [-0.4, -0.2) is 11.2 Å². The third-order valence-electron chi connectivity index (χ3n) is 9.62. The number of pyridine rings is 1. The van der Waals surface area contributed by atoms with E-state index in [1.165, 1.54) is 57.0 Å². The summed E-state index contributed by atoms with van der Waals surface area (Å²) >= 11 is 3.69. The first-order valence-corrected chi connectivity index (χ1v) is 18.3. The maximum Gasteiger partial charge on any atom is 0.0716 e. The van der Waals surface area contributed by atoms with E-state index in [-0.39, 0.29) is 0 Å². The van der Waals surface area contributed by atoms with Gasteiger partial charge in [-0.15, -0.1) is 22.7 Å². The topological polar surface area (TPSA) is 25.2 Å². The Balaban J connectivity index is 0.984. The second kappa shape index (κ2) is 12.2. The Bertz CT molecular complexity index is 2680. The smallest absolute Gasteiger partial charge is 0.0716 e. The third kappa shape index (κ3) is 5.25. The van der Waals surface area contributed by atoms with E-state index >= 15 is 0 Å². The van der Waals surface area contributed by atoms with Crippen molar-refractivity contribution in [3.8, 4) is 22.4 Å². The number of allylic oxidation sites excluding steroid dienone is 4. The molecule has 0 unspecified atom stereocenters. The minimum atomic E-state index is 0.814. The number of rotatable bonds is 6. The first kappa shape index (κ1) is 29.7. The molecule has 0 bridgehead atoms. The summed E-state index contributed by atoms with van der Waals surface area (Å²) in [7, 11) is 0. The quantitative estimate of drug-likeness (QED) is 0.162. The van der Waals surface area contributed by atoms with Gasteiger partial charge in [0.2, 0.25) is 0 Å². The van der Waals surface area contributed by atoms with E-state index < -0.39 is 0 Å². The molecule has 0 saturated heterocycles. The van der Waals surface area contributed by atoms with Gasteiger partial charge in [0.25, 0.3) is 0 Å². The number of aryl methyl sites for hydroxylation is 1. The molecule has 0 fully saturated rings. The number of hydrogen-bond donors (Lipinski definition) is 0. The van der Waals surface area contributed by atoms with Crippen LogP contribution in [0.15, 0.2) is 151 Å². The second-order valence-electron chi connectivity index (χ2n) is 12.5. The normalized spacial score (nSPS) is 13.5. The van der Waals surface area contributed by atoms with Gasteiger partial charge in [0.05, 0.1) is 11.4 Å². The molecule has 0 amide bonds. The van der Waals surface area contributed by atoms with E-state index in [4.69, 9.17) is 9.98 Å². The maximum absolute atomic E-state index is 4.96. The molecule has 0 aliphatic heterocycles. The number of aliphatic imine (C=N–C) groups is 1. The Kier molecular flexibility index (Phi) is 7.41. The molecule has 49 heavy (non-hydrogen) atoms. The molecule has 0 saturated carbocycles. The van der Waals surface area contributed by atoms with E-state index in [1.54, 1.807) is 0 Å². The summed E-state index contributed by atoms with van der Waals surface area (Å²) in [6, 6.07) is 41.5. The maximum atomic E-state index is 4.96. The molecular weight excluding hydrogens is 633 g/mol. The Morgan fingerprint density at radius 3 is 2.37 bits per heavy atom. The molecule has 0 N–H and O–H groups in total. The zero-order valence-corrected chi connectivity index (χ0v) is 28.7. The van der Waals surface area contributed by atoms with E-state index in [1.807, 2.05) is 35.1 Å². The number of benzene rings is 5. The van der Waals surface area contributed by atoms with Gasteiger partial charge >= 0.3 is 0 Å². The number of aromatic nitrogens is 1. The second-order valence-corrected chi connectivity index (χ2v) is 14.6. The van der Waals surface area contributed by atoms with Gasteiger partial charge in [0.1, 0.15) is 0 Å². The average Bonchev–Trinajstić information content (AvgIpc) is 3.73. The van der Waals surface area contributed by atoms with Gasteiger partial charge in [-0.05, 0) is 88.5 Å². The Morgan fingerprint density at radius 2 is 1.53 bits per heavy atom. The molecule has 3 aromatic heterocycles. The lowest BCUT2D eigenvalue weighted by Crippen LogP contribution is -1.97. The fourth-order valence-electron chi connectivity index (χ4n) is 7.08. The molecule has 1 aliphatic rings. The molecule has 9 rings (SSSR count). The van der Waals surface area contributed by atoms with Gasteiger partial charge in [-0.1, -0.05) is 104 Å². The summed E-state index contributed by atoms with van der Waals surface area (Å²) in [5.74, 6) is 0. The van der Waals surface area contributed by atoms with Crippen LogP contribution >= 0.6 is 22.7 Å². The van der Waals surface area contributed by atoms with Crippen molar-refractivity contribution in [1.29, 1.82) is 0 Å². The van der Waals surface area contributed by atoms with Crippen molar-refractivity contribution in [2.45, 2.75) is 19.8 Å². The minimum Gasteiger partial charge on any atom is -0.256 e. The van der Waals surface area contributed by atoms with Gasteiger partial charge in [-0.25, -0.2) is 0 Å². The highest BCUT2D eigenvalue weighted by molar-refractivity contribution is 7.26. The van der Waals surface area contributed by atoms with Crippen LogP contribution < -0.4 is 0 Å². The number of fused-ring (bicyclic) bond motifs is 7. The zero-order valence-electron chi connectivity index (χ0n) is 27.1. The summed E-state index contributed by atoms with van der Waals surface area (Å²) in [5, 5.41) is 6.35. The first-order valence-electron chi connectivity index (χ1n) is 16.7. The fraction of sp³-hybridized carbons (Fsp3) is 0.0667. The molecule has 3 heterocycles. The summed E-state index contributed by atoms with van der Waals surface area (Å²) in [5.41, 5.74) is 10.0. The molecule has 0 radical (unpaired) electrons. The van der Waals surface area contributed by atoms with Gasteiger partial charge in [0, 0.05) is 58.9 Å². The average molecular weight is 665 g/mol. The summed E-state index contributed by atoms with van der Waals surface area (Å²) in [6.07, 6.45) is 10.5. The number of nitrogens with zero attached hydrogens (tertiary/aromatic N) is 2. The number of hydrogen-bond acceptors (Lipinski definition) is 4. The SMILES string of the molecule is C=C(/N=C\C(=C/C)c1ccc2ccc(-c3ccc(-c4cccc5c4sc4ccccc45)nc3)cc2c1)C1=CCCc2c1sc1ccccc21. The monoisotopic (exact) mass is 664 g/mol. The van der Waals surface area contributed by atoms with Crippen LogP contribution in [0.5, 0.6) is 0 Å². The van der Waals surface area contributed by atoms with Crippen molar-refractivity contribution in [3.05, 3.63) is 162 Å². The van der Waals surface area contributed by atoms with Gasteiger partial charge in [0.15, 0.2) is 0 Å². The molecule has 2 nitrogen and oxygen atoms in total. The van der Waals surface area contributed by atoms with E-state index in [2.05, 4.69) is 141 Å². The van der Waals surface area contributed by atoms with Crippen LogP contribution in [-0.2, 0) is 6.42 Å². The highest BCUT2D eigenvalue weighted by Gasteiger charge is 2.20. The lowest BCUT2D eigenvalue weighted by Gasteiger charge is -2.14. The molecular formula is C45H32N2S2. The van der Waals surface area contributed by atoms with Crippen LogP contribution in [0.1, 0.15) is 29.3 Å². The van der Waals surface area contributed by atoms with Crippen LogP contribution in [0, 0.1) is 0 Å². The predicted molar refractivity (Wildman–Crippen MR) is 215 cm³/mol. The highest BCUT2D eigenvalue weighted by Crippen LogP contribution is 2.42. The summed E-state index contributed by atoms with van der Waals surface area (Å²) < 4.78 is 3.93. The number of thiophene rings is 2. The molecule has 4 heteroatoms. The van der Waals surface area contributed by atoms with Crippen LogP contribution in [0.3, 0.4) is 0 Å². The Morgan fingerprint density at radius 1 is 0.755 bits per heavy atom. The Hall–Kier alpha value is -5.42. The summed E-state index contributed by atoms with van der Waals surface area (Å²) in [4.78, 5) is 11.2. The minimum absolute atomic E-state index is 0.814. The molecule has 8 aromatic rings. The van der Waals surface area contributed by atoms with Crippen LogP contribution in [0.4, 0.5) is 0 Å². The van der Waals surface area contributed by atoms with Crippen molar-refractivity contribution in [3.63, 3.8) is 0 Å². The third-order valence-corrected chi connectivity index (χ3v) is 12.1. The first-order chi connectivity index (χ1) is 24.1. The molecule has 1 aliphatic carbocycles. The zero-order chi connectivity index (χ0) is 32.9. The fourth-order valence-corrected chi connectivity index (χ4v) is 9.62. The molecule has 0 spiro atoms. The lowest BCUT2D eigenvalue weighted by molar-refractivity contribution is 0.996. The van der Waals surface area contributed by atoms with E-state index in [9.17, 15) is 0 Å². The molecule has 0 atom stereocenters. The van der Waals surface area contributed by atoms with E-state index in [0.29, 0.717) is 0 Å². The molecule has 5 aromatic carbocycles. The van der Waals surface area contributed by atoms with Crippen molar-refractivity contribution in [2.24, 2.45) is 4.99 Å². The van der Waals surface area contributed by atoms with Crippen molar-refractivity contribution in [1.82, 2.24) is 4.98 Å². The predicted octanol–water partition coefficient (Wildman–Crippen LogP) is 13.2. The largest absolute Gasteiger partial charge is 0.256 e. The van der Waals surface area contributed by atoms with Gasteiger partial charge in [-0.3, -0.25) is 9.98 Å². The Labute approximate surface area is 293 Å². The van der Waals surface area contributed by atoms with Crippen LogP contribution in [0.25, 0.3) is 74.6 Å². The van der Waals surface area contributed by atoms with Crippen molar-refractivity contribution in [2.75, 3.05) is 0 Å². The van der Waals surface area contributed by atoms with Crippen molar-refractivity contribution < 1.29 is 0 Å².